The fourth-order valence-corrected chi connectivity index (χ4v) is 2.95. The van der Waals surface area contributed by atoms with Gasteiger partial charge in [-0.2, -0.15) is 0 Å². The Morgan fingerprint density at radius 1 is 0.808 bits per heavy atom. The Labute approximate surface area is 152 Å². The Balaban J connectivity index is 1.62. The lowest BCUT2D eigenvalue weighted by Crippen LogP contribution is -1.87. The molecule has 126 valence electrons. The summed E-state index contributed by atoms with van der Waals surface area (Å²) in [6.07, 6.45) is 1.72. The number of anilines is 1. The molecule has 4 rings (SSSR count). The Morgan fingerprint density at radius 3 is 2.42 bits per heavy atom. The molecule has 0 amide bonds. The van der Waals surface area contributed by atoms with Gasteiger partial charge in [0.25, 0.3) is 0 Å². The first kappa shape index (κ1) is 16.0. The van der Waals surface area contributed by atoms with E-state index in [1.165, 1.54) is 5.56 Å². The molecule has 0 saturated heterocycles. The summed E-state index contributed by atoms with van der Waals surface area (Å²) in [5.74, 6) is 0. The molecule has 4 nitrogen and oxygen atoms in total. The minimum absolute atomic E-state index is 0.635. The highest BCUT2D eigenvalue weighted by Crippen LogP contribution is 2.32. The summed E-state index contributed by atoms with van der Waals surface area (Å²) in [4.78, 5) is 4.51. The predicted molar refractivity (Wildman–Crippen MR) is 107 cm³/mol. The van der Waals surface area contributed by atoms with Gasteiger partial charge in [-0.3, -0.25) is 4.98 Å². The van der Waals surface area contributed by atoms with Crippen LogP contribution in [0.2, 0.25) is 0 Å². The van der Waals surface area contributed by atoms with E-state index < -0.39 is 0 Å². The zero-order valence-electron chi connectivity index (χ0n) is 14.4. The molecular weight excluding hydrogens is 320 g/mol. The molecule has 0 bridgehead atoms. The van der Waals surface area contributed by atoms with Crippen LogP contribution in [0.25, 0.3) is 22.0 Å². The number of pyridine rings is 1. The van der Waals surface area contributed by atoms with Crippen LogP contribution >= 0.6 is 0 Å². The molecule has 0 spiro atoms. The summed E-state index contributed by atoms with van der Waals surface area (Å²) in [5.41, 5.74) is 11.5. The van der Waals surface area contributed by atoms with E-state index in [4.69, 9.17) is 5.73 Å². The average molecular weight is 338 g/mol. The van der Waals surface area contributed by atoms with Crippen LogP contribution in [0.1, 0.15) is 5.56 Å². The van der Waals surface area contributed by atoms with Gasteiger partial charge < -0.3 is 5.73 Å². The van der Waals surface area contributed by atoms with Gasteiger partial charge in [0.05, 0.1) is 17.6 Å². The molecule has 4 heteroatoms. The van der Waals surface area contributed by atoms with Gasteiger partial charge in [-0.15, -0.1) is 10.2 Å². The second-order valence-electron chi connectivity index (χ2n) is 6.14. The van der Waals surface area contributed by atoms with Crippen LogP contribution < -0.4 is 5.73 Å². The molecule has 0 aliphatic carbocycles. The summed E-state index contributed by atoms with van der Waals surface area (Å²) in [5, 5.41) is 10.7. The summed E-state index contributed by atoms with van der Waals surface area (Å²) >= 11 is 0. The lowest BCUT2D eigenvalue weighted by molar-refractivity contribution is 1.20. The molecule has 1 heterocycles. The van der Waals surface area contributed by atoms with Gasteiger partial charge in [0.2, 0.25) is 0 Å². The summed E-state index contributed by atoms with van der Waals surface area (Å²) in [7, 11) is 0. The maximum atomic E-state index is 6.23. The largest absolute Gasteiger partial charge is 0.396 e. The van der Waals surface area contributed by atoms with Crippen molar-refractivity contribution in [1.29, 1.82) is 0 Å². The Hall–Kier alpha value is -3.53. The fourth-order valence-electron chi connectivity index (χ4n) is 2.95. The molecule has 0 aliphatic heterocycles. The molecule has 0 aliphatic rings. The number of rotatable bonds is 3. The average Bonchev–Trinajstić information content (AvgIpc) is 2.69. The number of nitrogen functional groups attached to an aromatic ring is 1. The zero-order valence-corrected chi connectivity index (χ0v) is 14.4. The van der Waals surface area contributed by atoms with E-state index in [9.17, 15) is 0 Å². The first-order chi connectivity index (χ1) is 12.7. The van der Waals surface area contributed by atoms with Crippen molar-refractivity contribution < 1.29 is 0 Å². The highest BCUT2D eigenvalue weighted by atomic mass is 15.1. The van der Waals surface area contributed by atoms with Gasteiger partial charge in [0.1, 0.15) is 11.4 Å². The maximum Gasteiger partial charge on any atom is 0.109 e. The SMILES string of the molecule is Cc1ccccc1-c1ccc(N=Nc2ccc3ccccc3c2N)cn1. The maximum absolute atomic E-state index is 6.23. The fraction of sp³-hybridized carbons (Fsp3) is 0.0455. The van der Waals surface area contributed by atoms with Crippen molar-refractivity contribution in [2.24, 2.45) is 10.2 Å². The molecule has 0 fully saturated rings. The molecule has 3 aromatic carbocycles. The quantitative estimate of drug-likeness (QED) is 0.356. The standard InChI is InChI=1S/C22H18N4/c1-15-6-2-4-8-18(15)20-13-11-17(14-24-20)25-26-21-12-10-16-7-3-5-9-19(16)22(21)23/h2-14H,23H2,1H3. The highest BCUT2D eigenvalue weighted by molar-refractivity contribution is 5.97. The van der Waals surface area contributed by atoms with Gasteiger partial charge in [-0.05, 0) is 36.1 Å². The molecular formula is C22H18N4. The lowest BCUT2D eigenvalue weighted by Gasteiger charge is -2.05. The topological polar surface area (TPSA) is 63.6 Å². The van der Waals surface area contributed by atoms with Crippen molar-refractivity contribution in [2.45, 2.75) is 6.92 Å². The van der Waals surface area contributed by atoms with E-state index in [1.807, 2.05) is 60.7 Å². The van der Waals surface area contributed by atoms with Crippen LogP contribution in [0.4, 0.5) is 17.1 Å². The number of aromatic nitrogens is 1. The summed E-state index contributed by atoms with van der Waals surface area (Å²) in [6, 6.07) is 23.9. The van der Waals surface area contributed by atoms with Crippen molar-refractivity contribution >= 4 is 27.8 Å². The Kier molecular flexibility index (Phi) is 4.15. The van der Waals surface area contributed by atoms with Crippen LogP contribution in [0.15, 0.2) is 89.2 Å². The first-order valence-electron chi connectivity index (χ1n) is 8.43. The number of fused-ring (bicyclic) bond motifs is 1. The van der Waals surface area contributed by atoms with Crippen molar-refractivity contribution in [2.75, 3.05) is 5.73 Å². The third-order valence-corrected chi connectivity index (χ3v) is 4.39. The minimum atomic E-state index is 0.635. The van der Waals surface area contributed by atoms with E-state index in [0.29, 0.717) is 17.1 Å². The lowest BCUT2D eigenvalue weighted by atomic mass is 10.1. The minimum Gasteiger partial charge on any atom is -0.396 e. The highest BCUT2D eigenvalue weighted by Gasteiger charge is 2.04. The van der Waals surface area contributed by atoms with Gasteiger partial charge in [-0.1, -0.05) is 54.6 Å². The van der Waals surface area contributed by atoms with E-state index in [2.05, 4.69) is 34.3 Å². The predicted octanol–water partition coefficient (Wildman–Crippen LogP) is 6.21. The van der Waals surface area contributed by atoms with Crippen molar-refractivity contribution in [3.05, 3.63) is 84.6 Å². The second-order valence-corrected chi connectivity index (χ2v) is 6.14. The van der Waals surface area contributed by atoms with E-state index in [1.54, 1.807) is 6.20 Å². The van der Waals surface area contributed by atoms with Gasteiger partial charge >= 0.3 is 0 Å². The molecule has 1 aromatic heterocycles. The van der Waals surface area contributed by atoms with Crippen LogP contribution in [-0.2, 0) is 0 Å². The van der Waals surface area contributed by atoms with Crippen LogP contribution in [-0.4, -0.2) is 4.98 Å². The molecule has 0 radical (unpaired) electrons. The number of hydrogen-bond acceptors (Lipinski definition) is 4. The van der Waals surface area contributed by atoms with Crippen LogP contribution in [0.5, 0.6) is 0 Å². The molecule has 4 aromatic rings. The number of hydrogen-bond donors (Lipinski definition) is 1. The third-order valence-electron chi connectivity index (χ3n) is 4.39. The number of nitrogens with two attached hydrogens (primary N) is 1. The van der Waals surface area contributed by atoms with E-state index in [-0.39, 0.29) is 0 Å². The molecule has 26 heavy (non-hydrogen) atoms. The Bertz CT molecular complexity index is 1100. The first-order valence-corrected chi connectivity index (χ1v) is 8.43. The zero-order chi connectivity index (χ0) is 17.9. The second kappa shape index (κ2) is 6.76. The van der Waals surface area contributed by atoms with Gasteiger partial charge in [0.15, 0.2) is 0 Å². The number of benzene rings is 3. The van der Waals surface area contributed by atoms with Crippen LogP contribution in [0.3, 0.4) is 0 Å². The van der Waals surface area contributed by atoms with Crippen molar-refractivity contribution in [3.63, 3.8) is 0 Å². The van der Waals surface area contributed by atoms with Crippen molar-refractivity contribution in [1.82, 2.24) is 4.98 Å². The van der Waals surface area contributed by atoms with Crippen LogP contribution in [0, 0.1) is 6.92 Å². The molecule has 0 saturated carbocycles. The smallest absolute Gasteiger partial charge is 0.109 e. The normalized spacial score (nSPS) is 11.3. The number of aryl methyl sites for hydroxylation is 1. The Morgan fingerprint density at radius 2 is 1.62 bits per heavy atom. The summed E-state index contributed by atoms with van der Waals surface area (Å²) < 4.78 is 0. The van der Waals surface area contributed by atoms with Gasteiger partial charge in [-0.25, -0.2) is 0 Å². The number of nitrogens with zero attached hydrogens (tertiary/aromatic N) is 3. The number of azo groups is 1. The summed E-state index contributed by atoms with van der Waals surface area (Å²) in [6.45, 7) is 2.08. The third kappa shape index (κ3) is 3.05. The van der Waals surface area contributed by atoms with E-state index >= 15 is 0 Å². The molecule has 0 unspecified atom stereocenters. The molecule has 2 N–H and O–H groups in total. The monoisotopic (exact) mass is 338 g/mol. The van der Waals surface area contributed by atoms with Crippen molar-refractivity contribution in [3.8, 4) is 11.3 Å². The van der Waals surface area contributed by atoms with E-state index in [0.717, 1.165) is 22.0 Å². The van der Waals surface area contributed by atoms with Gasteiger partial charge in [0, 0.05) is 10.9 Å². The molecule has 0 atom stereocenters.